The van der Waals surface area contributed by atoms with Crippen LogP contribution in [0.25, 0.3) is 6.08 Å². The van der Waals surface area contributed by atoms with Crippen molar-refractivity contribution in [1.29, 1.82) is 5.26 Å². The van der Waals surface area contributed by atoms with Gasteiger partial charge in [0.05, 0.1) is 9.92 Å². The van der Waals surface area contributed by atoms with Crippen molar-refractivity contribution >= 4 is 39.1 Å². The lowest BCUT2D eigenvalue weighted by molar-refractivity contribution is 0.603. The van der Waals surface area contributed by atoms with Crippen molar-refractivity contribution < 1.29 is 12.8 Å². The first-order valence-corrected chi connectivity index (χ1v) is 8.16. The van der Waals surface area contributed by atoms with Gasteiger partial charge in [0.25, 0.3) is 0 Å². The van der Waals surface area contributed by atoms with E-state index in [1.165, 1.54) is 42.5 Å². The molecule has 0 bridgehead atoms. The van der Waals surface area contributed by atoms with Crippen LogP contribution in [-0.4, -0.2) is 8.42 Å². The number of nitrogens with zero attached hydrogens (tertiary/aromatic N) is 1. The van der Waals surface area contributed by atoms with Crippen LogP contribution in [0.1, 0.15) is 5.56 Å². The Kier molecular flexibility index (Phi) is 4.87. The third kappa shape index (κ3) is 3.47. The van der Waals surface area contributed by atoms with E-state index < -0.39 is 20.6 Å². The van der Waals surface area contributed by atoms with Crippen molar-refractivity contribution in [2.24, 2.45) is 0 Å². The molecule has 0 aliphatic rings. The Morgan fingerprint density at radius 2 is 1.77 bits per heavy atom. The average Bonchev–Trinajstić information content (AvgIpc) is 2.48. The third-order valence-electron chi connectivity index (χ3n) is 2.75. The molecule has 3 nitrogen and oxygen atoms in total. The van der Waals surface area contributed by atoms with Gasteiger partial charge >= 0.3 is 0 Å². The summed E-state index contributed by atoms with van der Waals surface area (Å²) in [5.74, 6) is -0.462. The average molecular weight is 356 g/mol. The second-order valence-corrected chi connectivity index (χ2v) is 6.98. The molecule has 0 spiro atoms. The zero-order valence-electron chi connectivity index (χ0n) is 10.9. The van der Waals surface area contributed by atoms with Gasteiger partial charge in [-0.3, -0.25) is 0 Å². The van der Waals surface area contributed by atoms with Gasteiger partial charge in [0.1, 0.15) is 16.8 Å². The molecule has 0 aliphatic heterocycles. The molecule has 0 fully saturated rings. The predicted molar refractivity (Wildman–Crippen MR) is 83.6 cm³/mol. The maximum absolute atomic E-state index is 12.9. The molecule has 0 saturated carbocycles. The summed E-state index contributed by atoms with van der Waals surface area (Å²) in [6.07, 6.45) is 1.14. The molecule has 0 aliphatic carbocycles. The second-order valence-electron chi connectivity index (χ2n) is 4.25. The Balaban J connectivity index is 2.57. The Labute approximate surface area is 137 Å². The van der Waals surface area contributed by atoms with Crippen LogP contribution in [0.2, 0.25) is 10.0 Å². The van der Waals surface area contributed by atoms with Crippen LogP contribution in [0.4, 0.5) is 4.39 Å². The fourth-order valence-electron chi connectivity index (χ4n) is 1.68. The molecule has 0 aromatic heterocycles. The summed E-state index contributed by atoms with van der Waals surface area (Å²) >= 11 is 11.7. The molecule has 0 atom stereocenters. The van der Waals surface area contributed by atoms with Crippen molar-refractivity contribution in [3.05, 3.63) is 68.8 Å². The number of benzene rings is 2. The molecule has 0 N–H and O–H groups in total. The molecule has 0 unspecified atom stereocenters. The standard InChI is InChI=1S/C15H8Cl2FNO2S/c16-11-3-6-14(17)15(8-11)22(20,21)13(9-19)7-10-1-4-12(18)5-2-10/h1-8H/b13-7+. The molecule has 22 heavy (non-hydrogen) atoms. The van der Waals surface area contributed by atoms with Gasteiger partial charge in [0.15, 0.2) is 0 Å². The fourth-order valence-corrected chi connectivity index (χ4v) is 3.60. The van der Waals surface area contributed by atoms with Gasteiger partial charge < -0.3 is 0 Å². The van der Waals surface area contributed by atoms with Gasteiger partial charge in [0, 0.05) is 5.02 Å². The number of nitriles is 1. The van der Waals surface area contributed by atoms with Gasteiger partial charge in [0.2, 0.25) is 9.84 Å². The monoisotopic (exact) mass is 355 g/mol. The van der Waals surface area contributed by atoms with Crippen molar-refractivity contribution in [2.45, 2.75) is 4.90 Å². The zero-order valence-corrected chi connectivity index (χ0v) is 13.3. The van der Waals surface area contributed by atoms with Gasteiger partial charge in [-0.1, -0.05) is 35.3 Å². The number of sulfone groups is 1. The Bertz CT molecular complexity index is 885. The van der Waals surface area contributed by atoms with Crippen LogP contribution in [0.15, 0.2) is 52.3 Å². The predicted octanol–water partition coefficient (Wildman–Crippen LogP) is 4.47. The molecular weight excluding hydrogens is 348 g/mol. The quantitative estimate of drug-likeness (QED) is 0.763. The van der Waals surface area contributed by atoms with E-state index in [9.17, 15) is 12.8 Å². The van der Waals surface area contributed by atoms with E-state index in [0.717, 1.165) is 6.08 Å². The maximum atomic E-state index is 12.9. The molecule has 0 saturated heterocycles. The topological polar surface area (TPSA) is 57.9 Å². The van der Waals surface area contributed by atoms with Crippen LogP contribution in [0.5, 0.6) is 0 Å². The smallest absolute Gasteiger partial charge is 0.218 e. The molecule has 2 aromatic carbocycles. The largest absolute Gasteiger partial charge is 0.218 e. The first kappa shape index (κ1) is 16.5. The highest BCUT2D eigenvalue weighted by molar-refractivity contribution is 7.95. The number of hydrogen-bond acceptors (Lipinski definition) is 3. The molecule has 112 valence electrons. The highest BCUT2D eigenvalue weighted by Gasteiger charge is 2.24. The summed E-state index contributed by atoms with van der Waals surface area (Å²) in [4.78, 5) is -0.764. The van der Waals surface area contributed by atoms with Crippen molar-refractivity contribution in [3.8, 4) is 6.07 Å². The maximum Gasteiger partial charge on any atom is 0.218 e. The minimum atomic E-state index is -4.12. The summed E-state index contributed by atoms with van der Waals surface area (Å²) in [5, 5.41) is 9.30. The SMILES string of the molecule is N#C/C(=C\c1ccc(F)cc1)S(=O)(=O)c1cc(Cl)ccc1Cl. The van der Waals surface area contributed by atoms with E-state index in [0.29, 0.717) is 5.56 Å². The molecule has 7 heteroatoms. The highest BCUT2D eigenvalue weighted by Crippen LogP contribution is 2.30. The van der Waals surface area contributed by atoms with Crippen molar-refractivity contribution in [3.63, 3.8) is 0 Å². The van der Waals surface area contributed by atoms with Crippen molar-refractivity contribution in [1.82, 2.24) is 0 Å². The number of rotatable bonds is 3. The van der Waals surface area contributed by atoms with Gasteiger partial charge in [-0.15, -0.1) is 0 Å². The van der Waals surface area contributed by atoms with Crippen molar-refractivity contribution in [2.75, 3.05) is 0 Å². The van der Waals surface area contributed by atoms with E-state index in [-0.39, 0.29) is 14.9 Å². The molecule has 0 radical (unpaired) electrons. The second kappa shape index (κ2) is 6.49. The summed E-state index contributed by atoms with van der Waals surface area (Å²) in [6.45, 7) is 0. The zero-order chi connectivity index (χ0) is 16.3. The van der Waals surface area contributed by atoms with E-state index in [1.54, 1.807) is 6.07 Å². The molecule has 0 heterocycles. The van der Waals surface area contributed by atoms with Crippen LogP contribution in [-0.2, 0) is 9.84 Å². The van der Waals surface area contributed by atoms with Crippen LogP contribution >= 0.6 is 23.2 Å². The highest BCUT2D eigenvalue weighted by atomic mass is 35.5. The Hall–Kier alpha value is -1.87. The Morgan fingerprint density at radius 1 is 1.14 bits per heavy atom. The van der Waals surface area contributed by atoms with Crippen LogP contribution in [0.3, 0.4) is 0 Å². The van der Waals surface area contributed by atoms with E-state index in [1.807, 2.05) is 0 Å². The normalized spacial score (nSPS) is 12.0. The lowest BCUT2D eigenvalue weighted by Gasteiger charge is -2.06. The number of allylic oxidation sites excluding steroid dienone is 1. The fraction of sp³-hybridized carbons (Fsp3) is 0. The van der Waals surface area contributed by atoms with Gasteiger partial charge in [-0.25, -0.2) is 12.8 Å². The molecule has 2 rings (SSSR count). The molecule has 2 aromatic rings. The van der Waals surface area contributed by atoms with Gasteiger partial charge in [-0.2, -0.15) is 5.26 Å². The number of halogens is 3. The summed E-state index contributed by atoms with van der Waals surface area (Å²) < 4.78 is 37.9. The van der Waals surface area contributed by atoms with Crippen LogP contribution < -0.4 is 0 Å². The Morgan fingerprint density at radius 3 is 2.36 bits per heavy atom. The van der Waals surface area contributed by atoms with E-state index >= 15 is 0 Å². The van der Waals surface area contributed by atoms with E-state index in [4.69, 9.17) is 28.5 Å². The lowest BCUT2D eigenvalue weighted by Crippen LogP contribution is -2.04. The summed E-state index contributed by atoms with van der Waals surface area (Å²) in [6, 6.07) is 10.6. The lowest BCUT2D eigenvalue weighted by atomic mass is 10.2. The third-order valence-corrected chi connectivity index (χ3v) is 5.13. The molecule has 0 amide bonds. The summed E-state index contributed by atoms with van der Waals surface area (Å²) in [7, 11) is -4.12. The van der Waals surface area contributed by atoms with Gasteiger partial charge in [-0.05, 0) is 42.0 Å². The first-order chi connectivity index (χ1) is 10.3. The van der Waals surface area contributed by atoms with Crippen LogP contribution in [0, 0.1) is 17.1 Å². The van der Waals surface area contributed by atoms with E-state index in [2.05, 4.69) is 0 Å². The number of hydrogen-bond donors (Lipinski definition) is 0. The minimum absolute atomic E-state index is 0.0374. The first-order valence-electron chi connectivity index (χ1n) is 5.92. The molecular formula is C15H8Cl2FNO2S. The summed E-state index contributed by atoms with van der Waals surface area (Å²) in [5.41, 5.74) is 0.375. The minimum Gasteiger partial charge on any atom is -0.218 e.